The van der Waals surface area contributed by atoms with Crippen LogP contribution in [0, 0.1) is 0 Å². The number of allylic oxidation sites excluding steroid dienone is 2. The van der Waals surface area contributed by atoms with Crippen molar-refractivity contribution in [3.05, 3.63) is 98.0 Å². The number of carbonyl (C=O) groups excluding carboxylic acids is 2. The molecule has 350 valence electrons. The number of amides is 2. The van der Waals surface area contributed by atoms with E-state index in [0.717, 1.165) is 43.4 Å². The highest BCUT2D eigenvalue weighted by Gasteiger charge is 2.47. The lowest BCUT2D eigenvalue weighted by Crippen LogP contribution is -2.41. The topological polar surface area (TPSA) is 132 Å². The maximum Gasteiger partial charge on any atom is 0.271 e. The molecule has 5 rings (SSSR count). The number of aliphatic hydroxyl groups is 1. The number of carbonyl (C=O) groups is 2. The van der Waals surface area contributed by atoms with Gasteiger partial charge in [0.05, 0.1) is 26.2 Å². The molecule has 0 spiro atoms. The second-order valence-electron chi connectivity index (χ2n) is 17.8. The Morgan fingerprint density at radius 2 is 1.52 bits per heavy atom. The van der Waals surface area contributed by atoms with Crippen molar-refractivity contribution < 1.29 is 24.0 Å². The lowest BCUT2D eigenvalue weighted by atomic mass is 9.66. The van der Waals surface area contributed by atoms with E-state index < -0.39 is 5.60 Å². The van der Waals surface area contributed by atoms with Crippen molar-refractivity contribution in [3.8, 4) is 17.0 Å². The minimum absolute atomic E-state index is 0.00168. The summed E-state index contributed by atoms with van der Waals surface area (Å²) in [6.45, 7) is 11.2. The number of unbranched alkanes of at least 4 members (excludes halogenated alkanes) is 11. The van der Waals surface area contributed by atoms with Gasteiger partial charge in [0.1, 0.15) is 29.5 Å². The maximum absolute atomic E-state index is 13.2. The van der Waals surface area contributed by atoms with Crippen LogP contribution >= 0.6 is 34.8 Å². The van der Waals surface area contributed by atoms with Crippen LogP contribution in [0.2, 0.25) is 15.1 Å². The predicted molar refractivity (Wildman–Crippen MR) is 260 cm³/mol. The quantitative estimate of drug-likeness (QED) is 0.0382. The molecule has 1 aliphatic carbocycles. The van der Waals surface area contributed by atoms with Crippen LogP contribution in [-0.4, -0.2) is 44.9 Å². The van der Waals surface area contributed by atoms with Gasteiger partial charge in [-0.25, -0.2) is 0 Å². The fraction of sp³-hybridized carbons (Fsp3) is 0.569. The molecule has 1 aliphatic rings. The fourth-order valence-electron chi connectivity index (χ4n) is 8.41. The highest BCUT2D eigenvalue weighted by molar-refractivity contribution is 6.39. The van der Waals surface area contributed by atoms with Crippen LogP contribution < -0.4 is 15.4 Å². The first-order valence-electron chi connectivity index (χ1n) is 23.7. The molecule has 0 aliphatic heterocycles. The molecule has 1 unspecified atom stereocenters. The van der Waals surface area contributed by atoms with Crippen molar-refractivity contribution >= 4 is 46.6 Å². The minimum Gasteiger partial charge on any atom is -0.489 e. The first kappa shape index (κ1) is 51.2. The molecule has 2 amide bonds. The van der Waals surface area contributed by atoms with Crippen molar-refractivity contribution in [2.75, 3.05) is 13.1 Å². The zero-order valence-electron chi connectivity index (χ0n) is 38.6. The average molecular weight is 940 g/mol. The summed E-state index contributed by atoms with van der Waals surface area (Å²) in [5.74, 6) is 0.982. The van der Waals surface area contributed by atoms with Gasteiger partial charge in [0.15, 0.2) is 0 Å². The Hall–Kier alpha value is -3.83. The summed E-state index contributed by atoms with van der Waals surface area (Å²) >= 11 is 19.9. The Morgan fingerprint density at radius 3 is 2.16 bits per heavy atom. The summed E-state index contributed by atoms with van der Waals surface area (Å²) < 4.78 is 13.9. The summed E-state index contributed by atoms with van der Waals surface area (Å²) in [7, 11) is 0. The van der Waals surface area contributed by atoms with Gasteiger partial charge in [-0.1, -0.05) is 136 Å². The Balaban J connectivity index is 1.04. The Morgan fingerprint density at radius 1 is 0.875 bits per heavy atom. The van der Waals surface area contributed by atoms with Crippen molar-refractivity contribution in [2.45, 2.75) is 174 Å². The second kappa shape index (κ2) is 25.8. The van der Waals surface area contributed by atoms with Crippen molar-refractivity contribution in [1.29, 1.82) is 0 Å². The van der Waals surface area contributed by atoms with E-state index in [1.54, 1.807) is 36.4 Å². The van der Waals surface area contributed by atoms with Gasteiger partial charge in [-0.15, -0.1) is 0 Å². The Kier molecular flexibility index (Phi) is 20.6. The number of aromatic nitrogens is 3. The van der Waals surface area contributed by atoms with E-state index in [0.29, 0.717) is 81.4 Å². The summed E-state index contributed by atoms with van der Waals surface area (Å²) in [6, 6.07) is 12.4. The molecule has 3 N–H and O–H groups in total. The van der Waals surface area contributed by atoms with Gasteiger partial charge in [-0.3, -0.25) is 14.3 Å². The third-order valence-corrected chi connectivity index (χ3v) is 13.3. The molecule has 13 heteroatoms. The molecule has 0 radical (unpaired) electrons. The van der Waals surface area contributed by atoms with Crippen LogP contribution in [0.1, 0.15) is 195 Å². The van der Waals surface area contributed by atoms with Crippen LogP contribution in [0.15, 0.2) is 59.1 Å². The number of ether oxygens (including phenoxy) is 1. The van der Waals surface area contributed by atoms with Gasteiger partial charge in [0.2, 0.25) is 5.91 Å². The highest BCUT2D eigenvalue weighted by atomic mass is 35.5. The lowest BCUT2D eigenvalue weighted by Gasteiger charge is -2.44. The summed E-state index contributed by atoms with van der Waals surface area (Å²) in [6.07, 6.45) is 22.7. The third-order valence-electron chi connectivity index (χ3n) is 12.4. The van der Waals surface area contributed by atoms with E-state index >= 15 is 0 Å². The number of nitrogens with zero attached hydrogens (tertiary/aromatic N) is 3. The maximum atomic E-state index is 13.2. The third kappa shape index (κ3) is 14.3. The molecule has 1 atom stereocenters. The van der Waals surface area contributed by atoms with Crippen LogP contribution in [0.25, 0.3) is 11.3 Å². The zero-order valence-corrected chi connectivity index (χ0v) is 40.9. The number of benzene rings is 2. The standard InChI is InChI=1S/C51H70Cl3N5O5/c1-6-8-9-10-11-12-13-14-15-16-17-18-19-20-21-25-46(60)55-28-29-56-50(61)44-31-45(59(57-44)35(3)4)37-32-51(62,33-37)40-27-26-38(30-43(40)54)63-34-39-48(58-64-49(39)36(5)7-2)47-41(52)23-22-24-42(47)53/h14-15,22-24,26-27,30-31,35-37,62H,6-13,16-21,25,28-29,32-34H2,1-5H3,(H,55,60)(H,56,61)/b15-14-. The molecule has 0 saturated heterocycles. The average Bonchev–Trinajstić information content (AvgIpc) is 3.90. The number of hydrogen-bond acceptors (Lipinski definition) is 7. The molecule has 2 heterocycles. The highest BCUT2D eigenvalue weighted by Crippen LogP contribution is 2.53. The van der Waals surface area contributed by atoms with Gasteiger partial charge in [0.25, 0.3) is 5.91 Å². The first-order valence-corrected chi connectivity index (χ1v) is 24.9. The molecular weight excluding hydrogens is 869 g/mol. The van der Waals surface area contributed by atoms with Crippen LogP contribution in [-0.2, 0) is 17.0 Å². The smallest absolute Gasteiger partial charge is 0.271 e. The van der Waals surface area contributed by atoms with Crippen LogP contribution in [0.3, 0.4) is 0 Å². The zero-order chi connectivity index (χ0) is 46.1. The summed E-state index contributed by atoms with van der Waals surface area (Å²) in [4.78, 5) is 25.6. The van der Waals surface area contributed by atoms with E-state index in [-0.39, 0.29) is 36.3 Å². The number of rotatable bonds is 28. The van der Waals surface area contributed by atoms with E-state index in [1.807, 2.05) is 24.6 Å². The number of nitrogens with one attached hydrogen (secondary N) is 2. The largest absolute Gasteiger partial charge is 0.489 e. The fourth-order valence-corrected chi connectivity index (χ4v) is 9.33. The molecule has 10 nitrogen and oxygen atoms in total. The molecule has 1 fully saturated rings. The van der Waals surface area contributed by atoms with E-state index in [9.17, 15) is 14.7 Å². The summed E-state index contributed by atoms with van der Waals surface area (Å²) in [5.41, 5.74) is 2.52. The predicted octanol–water partition coefficient (Wildman–Crippen LogP) is 13.8. The Bertz CT molecular complexity index is 2100. The van der Waals surface area contributed by atoms with E-state index in [1.165, 1.54) is 57.8 Å². The molecule has 2 aromatic heterocycles. The number of halogens is 3. The van der Waals surface area contributed by atoms with Gasteiger partial charge >= 0.3 is 0 Å². The van der Waals surface area contributed by atoms with Crippen molar-refractivity contribution in [1.82, 2.24) is 25.6 Å². The molecule has 2 aromatic carbocycles. The molecule has 64 heavy (non-hydrogen) atoms. The molecule has 0 bridgehead atoms. The normalized spacial score (nSPS) is 16.6. The molecular formula is C51H70Cl3N5O5. The SMILES string of the molecule is CCCCCCCC/C=C\CCCCCCCC(=O)NCCNC(=O)c1cc(C2CC(O)(c3ccc(OCc4c(-c5c(Cl)cccc5Cl)noc4C(C)CC)cc3Cl)C2)n(C(C)C)n1. The van der Waals surface area contributed by atoms with Gasteiger partial charge < -0.3 is 25.0 Å². The molecule has 4 aromatic rings. The Labute approximate surface area is 396 Å². The van der Waals surface area contributed by atoms with Gasteiger partial charge in [-0.05, 0) is 95.5 Å². The monoisotopic (exact) mass is 937 g/mol. The van der Waals surface area contributed by atoms with E-state index in [4.69, 9.17) is 44.1 Å². The number of hydrogen-bond donors (Lipinski definition) is 3. The van der Waals surface area contributed by atoms with Gasteiger partial charge in [-0.2, -0.15) is 5.10 Å². The van der Waals surface area contributed by atoms with E-state index in [2.05, 4.69) is 53.8 Å². The minimum atomic E-state index is -1.16. The first-order chi connectivity index (χ1) is 30.9. The second-order valence-corrected chi connectivity index (χ2v) is 19.0. The van der Waals surface area contributed by atoms with Crippen LogP contribution in [0.5, 0.6) is 5.75 Å². The van der Waals surface area contributed by atoms with Gasteiger partial charge in [0, 0.05) is 54.2 Å². The van der Waals surface area contributed by atoms with Crippen molar-refractivity contribution in [3.63, 3.8) is 0 Å². The molecule has 1 saturated carbocycles. The van der Waals surface area contributed by atoms with Crippen molar-refractivity contribution in [2.24, 2.45) is 0 Å². The lowest BCUT2D eigenvalue weighted by molar-refractivity contribution is -0.121. The van der Waals surface area contributed by atoms with Crippen LogP contribution in [0.4, 0.5) is 0 Å². The summed E-state index contributed by atoms with van der Waals surface area (Å²) in [5, 5.41) is 27.9.